The van der Waals surface area contributed by atoms with Crippen LogP contribution in [0.1, 0.15) is 21.5 Å². The Morgan fingerprint density at radius 2 is 1.90 bits per heavy atom. The number of alkyl halides is 3. The maximum absolute atomic E-state index is 12.5. The van der Waals surface area contributed by atoms with Gasteiger partial charge in [0.2, 0.25) is 5.88 Å². The van der Waals surface area contributed by atoms with Gasteiger partial charge in [-0.05, 0) is 30.2 Å². The minimum atomic E-state index is -4.42. The Labute approximate surface area is 179 Å². The molecule has 1 heterocycles. The van der Waals surface area contributed by atoms with E-state index in [0.717, 1.165) is 17.8 Å². The van der Waals surface area contributed by atoms with Gasteiger partial charge in [0.05, 0.1) is 12.1 Å². The van der Waals surface area contributed by atoms with E-state index in [9.17, 15) is 18.0 Å². The van der Waals surface area contributed by atoms with Gasteiger partial charge in [-0.25, -0.2) is 4.98 Å². The van der Waals surface area contributed by atoms with Crippen LogP contribution in [0.3, 0.4) is 0 Å². The topological polar surface area (TPSA) is 78.9 Å². The van der Waals surface area contributed by atoms with Gasteiger partial charge in [0.1, 0.15) is 6.61 Å². The molecule has 1 amide bonds. The second kappa shape index (κ2) is 11.2. The molecular weight excluding hydrogens is 411 g/mol. The lowest BCUT2D eigenvalue weighted by Gasteiger charge is -2.13. The third-order valence-electron chi connectivity index (χ3n) is 4.22. The van der Waals surface area contributed by atoms with Crippen LogP contribution in [-0.2, 0) is 12.6 Å². The molecule has 0 atom stereocenters. The summed E-state index contributed by atoms with van der Waals surface area (Å²) >= 11 is 0. The molecule has 1 aromatic heterocycles. The Kier molecular flexibility index (Phi) is 8.65. The molecule has 0 aliphatic heterocycles. The number of hydrogen-bond donors (Lipinski definition) is 2. The number of benzene rings is 1. The smallest absolute Gasteiger partial charge is 0.417 e. The van der Waals surface area contributed by atoms with Crippen LogP contribution < -0.4 is 15.4 Å². The van der Waals surface area contributed by atoms with Gasteiger partial charge < -0.3 is 20.3 Å². The first-order valence-corrected chi connectivity index (χ1v) is 9.62. The molecular formula is C21H26F3N5O2. The number of aromatic nitrogens is 1. The van der Waals surface area contributed by atoms with E-state index in [1.165, 1.54) is 11.0 Å². The summed E-state index contributed by atoms with van der Waals surface area (Å²) in [5.74, 6) is 0.629. The predicted molar refractivity (Wildman–Crippen MR) is 112 cm³/mol. The third kappa shape index (κ3) is 7.80. The molecule has 31 heavy (non-hydrogen) atoms. The maximum Gasteiger partial charge on any atom is 0.417 e. The number of aliphatic imine (C=N–C) groups is 1. The molecule has 0 fully saturated rings. The van der Waals surface area contributed by atoms with Gasteiger partial charge in [-0.15, -0.1) is 0 Å². The first-order chi connectivity index (χ1) is 14.7. The highest BCUT2D eigenvalue weighted by Gasteiger charge is 2.30. The Morgan fingerprint density at radius 1 is 1.16 bits per heavy atom. The number of ether oxygens (including phenoxy) is 1. The quantitative estimate of drug-likeness (QED) is 0.377. The Morgan fingerprint density at radius 3 is 2.52 bits per heavy atom. The van der Waals surface area contributed by atoms with E-state index < -0.39 is 11.7 Å². The van der Waals surface area contributed by atoms with Crippen molar-refractivity contribution in [1.29, 1.82) is 0 Å². The highest BCUT2D eigenvalue weighted by atomic mass is 19.4. The molecule has 2 N–H and O–H groups in total. The van der Waals surface area contributed by atoms with Gasteiger partial charge in [-0.2, -0.15) is 13.2 Å². The fourth-order valence-corrected chi connectivity index (χ4v) is 2.62. The van der Waals surface area contributed by atoms with Crippen LogP contribution in [-0.4, -0.2) is 62.6 Å². The molecule has 0 bridgehead atoms. The van der Waals surface area contributed by atoms with Crippen molar-refractivity contribution in [2.75, 3.05) is 40.8 Å². The number of guanidine groups is 1. The number of nitrogens with zero attached hydrogens (tertiary/aromatic N) is 3. The molecule has 168 valence electrons. The zero-order chi connectivity index (χ0) is 22.9. The van der Waals surface area contributed by atoms with Crippen LogP contribution in [0.5, 0.6) is 5.88 Å². The molecule has 0 radical (unpaired) electrons. The first kappa shape index (κ1) is 24.0. The van der Waals surface area contributed by atoms with Crippen molar-refractivity contribution in [3.8, 4) is 5.88 Å². The number of amides is 1. The van der Waals surface area contributed by atoms with Crippen molar-refractivity contribution in [2.45, 2.75) is 12.6 Å². The van der Waals surface area contributed by atoms with Crippen molar-refractivity contribution in [3.63, 3.8) is 0 Å². The number of rotatable bonds is 8. The van der Waals surface area contributed by atoms with E-state index in [-0.39, 0.29) is 18.4 Å². The average molecular weight is 437 g/mol. The molecule has 0 aliphatic rings. The molecule has 2 rings (SSSR count). The van der Waals surface area contributed by atoms with Gasteiger partial charge in [0, 0.05) is 45.5 Å². The minimum absolute atomic E-state index is 0.0465. The molecule has 0 aliphatic carbocycles. The van der Waals surface area contributed by atoms with Gasteiger partial charge in [0.15, 0.2) is 5.96 Å². The van der Waals surface area contributed by atoms with E-state index in [1.54, 1.807) is 27.2 Å². The summed E-state index contributed by atoms with van der Waals surface area (Å²) in [5.41, 5.74) is 0.839. The second-order valence-electron chi connectivity index (χ2n) is 6.81. The fraction of sp³-hybridized carbons (Fsp3) is 0.381. The second-order valence-corrected chi connectivity index (χ2v) is 6.81. The summed E-state index contributed by atoms with van der Waals surface area (Å²) in [6.45, 7) is 1.18. The Bertz CT molecular complexity index is 883. The van der Waals surface area contributed by atoms with E-state index in [0.29, 0.717) is 31.0 Å². The summed E-state index contributed by atoms with van der Waals surface area (Å²) in [6, 6.07) is 9.57. The Balaban J connectivity index is 1.72. The summed E-state index contributed by atoms with van der Waals surface area (Å²) in [5, 5.41) is 6.21. The lowest BCUT2D eigenvalue weighted by molar-refractivity contribution is -0.137. The number of hydrogen-bond acceptors (Lipinski definition) is 4. The third-order valence-corrected chi connectivity index (χ3v) is 4.22. The molecule has 0 saturated carbocycles. The highest BCUT2D eigenvalue weighted by molar-refractivity contribution is 5.94. The predicted octanol–water partition coefficient (Wildman–Crippen LogP) is 2.59. The van der Waals surface area contributed by atoms with Crippen molar-refractivity contribution in [3.05, 3.63) is 59.3 Å². The first-order valence-electron chi connectivity index (χ1n) is 9.62. The lowest BCUT2D eigenvalue weighted by atomic mass is 10.1. The SMILES string of the molecule is CN=C(NCCOc1ccc(C(F)(F)F)cn1)NCCc1cccc(C(=O)N(C)C)c1. The molecule has 2 aromatic rings. The van der Waals surface area contributed by atoms with Crippen LogP contribution in [0.25, 0.3) is 0 Å². The van der Waals surface area contributed by atoms with Crippen LogP contribution in [0.4, 0.5) is 13.2 Å². The standard InChI is InChI=1S/C21H26F3N5O2/c1-25-20(26-10-9-15-5-4-6-16(13-15)19(30)29(2)3)27-11-12-31-18-8-7-17(14-28-18)21(22,23)24/h4-8,13-14H,9-12H2,1-3H3,(H2,25,26,27). The van der Waals surface area contributed by atoms with E-state index in [4.69, 9.17) is 4.74 Å². The fourth-order valence-electron chi connectivity index (χ4n) is 2.62. The van der Waals surface area contributed by atoms with Crippen LogP contribution >= 0.6 is 0 Å². The normalized spacial score (nSPS) is 11.7. The monoisotopic (exact) mass is 437 g/mol. The maximum atomic E-state index is 12.5. The van der Waals surface area contributed by atoms with E-state index >= 15 is 0 Å². The van der Waals surface area contributed by atoms with Gasteiger partial charge in [-0.1, -0.05) is 12.1 Å². The summed E-state index contributed by atoms with van der Waals surface area (Å²) in [6.07, 6.45) is -2.99. The molecule has 0 saturated heterocycles. The number of carbonyl (C=O) groups is 1. The zero-order valence-corrected chi connectivity index (χ0v) is 17.7. The highest BCUT2D eigenvalue weighted by Crippen LogP contribution is 2.29. The molecule has 1 aromatic carbocycles. The number of halogens is 3. The molecule has 0 spiro atoms. The largest absolute Gasteiger partial charge is 0.476 e. The minimum Gasteiger partial charge on any atom is -0.476 e. The van der Waals surface area contributed by atoms with Gasteiger partial charge in [0.25, 0.3) is 5.91 Å². The zero-order valence-electron chi connectivity index (χ0n) is 17.7. The van der Waals surface area contributed by atoms with Crippen LogP contribution in [0.2, 0.25) is 0 Å². The van der Waals surface area contributed by atoms with Crippen molar-refractivity contribution < 1.29 is 22.7 Å². The van der Waals surface area contributed by atoms with Crippen molar-refractivity contribution in [2.24, 2.45) is 4.99 Å². The molecule has 0 unspecified atom stereocenters. The van der Waals surface area contributed by atoms with Gasteiger partial charge >= 0.3 is 6.18 Å². The van der Waals surface area contributed by atoms with Crippen LogP contribution in [0.15, 0.2) is 47.6 Å². The van der Waals surface area contributed by atoms with Crippen molar-refractivity contribution in [1.82, 2.24) is 20.5 Å². The summed E-state index contributed by atoms with van der Waals surface area (Å²) < 4.78 is 42.9. The van der Waals surface area contributed by atoms with E-state index in [2.05, 4.69) is 20.6 Å². The average Bonchev–Trinajstić information content (AvgIpc) is 2.74. The number of carbonyl (C=O) groups excluding carboxylic acids is 1. The van der Waals surface area contributed by atoms with Gasteiger partial charge in [-0.3, -0.25) is 9.79 Å². The summed E-state index contributed by atoms with van der Waals surface area (Å²) in [4.78, 5) is 21.3. The Hall–Kier alpha value is -3.30. The van der Waals surface area contributed by atoms with Crippen LogP contribution in [0, 0.1) is 0 Å². The van der Waals surface area contributed by atoms with E-state index in [1.807, 2.05) is 18.2 Å². The van der Waals surface area contributed by atoms with Crippen molar-refractivity contribution >= 4 is 11.9 Å². The molecule has 10 heteroatoms. The summed E-state index contributed by atoms with van der Waals surface area (Å²) in [7, 11) is 5.05. The number of nitrogens with one attached hydrogen (secondary N) is 2. The molecule has 7 nitrogen and oxygen atoms in total. The number of pyridine rings is 1. The lowest BCUT2D eigenvalue weighted by Crippen LogP contribution is -2.40.